The highest BCUT2D eigenvalue weighted by molar-refractivity contribution is 6.03. The van der Waals surface area contributed by atoms with Gasteiger partial charge in [0.2, 0.25) is 5.91 Å². The van der Waals surface area contributed by atoms with E-state index >= 15 is 0 Å². The first-order valence-corrected chi connectivity index (χ1v) is 6.31. The predicted octanol–water partition coefficient (Wildman–Crippen LogP) is 2.11. The van der Waals surface area contributed by atoms with Crippen LogP contribution in [0, 0.1) is 0 Å². The van der Waals surface area contributed by atoms with Gasteiger partial charge in [-0.2, -0.15) is 5.10 Å². The van der Waals surface area contributed by atoms with E-state index < -0.39 is 0 Å². The largest absolute Gasteiger partial charge is 0.326 e. The van der Waals surface area contributed by atoms with Gasteiger partial charge in [-0.05, 0) is 31.2 Å². The van der Waals surface area contributed by atoms with Crippen LogP contribution in [-0.2, 0) is 11.3 Å². The van der Waals surface area contributed by atoms with Crippen molar-refractivity contribution < 1.29 is 9.59 Å². The van der Waals surface area contributed by atoms with E-state index in [-0.39, 0.29) is 11.8 Å². The van der Waals surface area contributed by atoms with E-state index in [1.54, 1.807) is 41.2 Å². The van der Waals surface area contributed by atoms with E-state index in [1.807, 2.05) is 6.92 Å². The van der Waals surface area contributed by atoms with Crippen molar-refractivity contribution in [2.24, 2.45) is 0 Å². The summed E-state index contributed by atoms with van der Waals surface area (Å²) >= 11 is 0. The third-order valence-electron chi connectivity index (χ3n) is 2.64. The Morgan fingerprint density at radius 3 is 2.50 bits per heavy atom. The molecule has 0 radical (unpaired) electrons. The molecular weight excluding hydrogens is 256 g/mol. The molecule has 6 heteroatoms. The van der Waals surface area contributed by atoms with E-state index in [0.717, 1.165) is 0 Å². The van der Waals surface area contributed by atoms with Crippen molar-refractivity contribution in [2.45, 2.75) is 20.4 Å². The Labute approximate surface area is 116 Å². The van der Waals surface area contributed by atoms with Gasteiger partial charge in [0.25, 0.3) is 5.91 Å². The molecule has 0 unspecified atom stereocenters. The smallest absolute Gasteiger partial charge is 0.276 e. The zero-order valence-electron chi connectivity index (χ0n) is 11.4. The van der Waals surface area contributed by atoms with Crippen LogP contribution in [0.3, 0.4) is 0 Å². The number of hydrogen-bond acceptors (Lipinski definition) is 3. The first kappa shape index (κ1) is 13.8. The Balaban J connectivity index is 2.09. The maximum Gasteiger partial charge on any atom is 0.276 e. The number of nitrogens with one attached hydrogen (secondary N) is 2. The monoisotopic (exact) mass is 272 g/mol. The second kappa shape index (κ2) is 6.01. The Morgan fingerprint density at radius 2 is 1.90 bits per heavy atom. The van der Waals surface area contributed by atoms with Crippen molar-refractivity contribution in [3.8, 4) is 0 Å². The maximum absolute atomic E-state index is 12.0. The number of rotatable bonds is 4. The zero-order chi connectivity index (χ0) is 14.5. The first-order chi connectivity index (χ1) is 9.58. The fraction of sp³-hybridized carbons (Fsp3) is 0.214. The quantitative estimate of drug-likeness (QED) is 0.895. The van der Waals surface area contributed by atoms with Crippen LogP contribution in [0.5, 0.6) is 0 Å². The average molecular weight is 272 g/mol. The molecule has 2 N–H and O–H groups in total. The second-order valence-electron chi connectivity index (χ2n) is 4.27. The van der Waals surface area contributed by atoms with E-state index in [2.05, 4.69) is 15.7 Å². The van der Waals surface area contributed by atoms with Gasteiger partial charge >= 0.3 is 0 Å². The van der Waals surface area contributed by atoms with Gasteiger partial charge in [0, 0.05) is 31.0 Å². The highest BCUT2D eigenvalue weighted by atomic mass is 16.2. The predicted molar refractivity (Wildman–Crippen MR) is 76.6 cm³/mol. The highest BCUT2D eigenvalue weighted by Crippen LogP contribution is 2.15. The van der Waals surface area contributed by atoms with Crippen LogP contribution in [0.25, 0.3) is 0 Å². The molecule has 1 aromatic heterocycles. The summed E-state index contributed by atoms with van der Waals surface area (Å²) in [5, 5.41) is 9.54. The van der Waals surface area contributed by atoms with Gasteiger partial charge in [-0.1, -0.05) is 6.07 Å². The molecule has 2 rings (SSSR count). The molecule has 0 atom stereocenters. The molecular formula is C14H16N4O2. The van der Waals surface area contributed by atoms with Gasteiger partial charge in [-0.25, -0.2) is 0 Å². The molecule has 0 spiro atoms. The summed E-state index contributed by atoms with van der Waals surface area (Å²) < 4.78 is 1.68. The minimum atomic E-state index is -0.280. The lowest BCUT2D eigenvalue weighted by atomic mass is 10.2. The Bertz CT molecular complexity index is 634. The van der Waals surface area contributed by atoms with E-state index in [1.165, 1.54) is 6.92 Å². The number of carbonyl (C=O) groups is 2. The number of nitrogens with zero attached hydrogens (tertiary/aromatic N) is 2. The lowest BCUT2D eigenvalue weighted by Crippen LogP contribution is -2.13. The Hall–Kier alpha value is -2.63. The summed E-state index contributed by atoms with van der Waals surface area (Å²) in [6.07, 6.45) is 1.75. The summed E-state index contributed by atoms with van der Waals surface area (Å²) in [6.45, 7) is 4.10. The van der Waals surface area contributed by atoms with E-state index in [9.17, 15) is 9.59 Å². The Morgan fingerprint density at radius 1 is 1.20 bits per heavy atom. The summed E-state index contributed by atoms with van der Waals surface area (Å²) in [6, 6.07) is 8.61. The number of aromatic nitrogens is 2. The molecule has 0 aliphatic rings. The minimum absolute atomic E-state index is 0.157. The van der Waals surface area contributed by atoms with Crippen LogP contribution in [0.4, 0.5) is 11.4 Å². The molecule has 1 heterocycles. The normalized spacial score (nSPS) is 10.1. The number of hydrogen-bond donors (Lipinski definition) is 2. The average Bonchev–Trinajstić information content (AvgIpc) is 2.87. The first-order valence-electron chi connectivity index (χ1n) is 6.31. The molecule has 0 fully saturated rings. The van der Waals surface area contributed by atoms with Crippen molar-refractivity contribution in [3.05, 3.63) is 42.2 Å². The third-order valence-corrected chi connectivity index (χ3v) is 2.64. The lowest BCUT2D eigenvalue weighted by Gasteiger charge is -2.06. The van der Waals surface area contributed by atoms with Gasteiger partial charge in [0.15, 0.2) is 5.69 Å². The van der Waals surface area contributed by atoms with Gasteiger partial charge in [-0.15, -0.1) is 0 Å². The second-order valence-corrected chi connectivity index (χ2v) is 4.27. The van der Waals surface area contributed by atoms with E-state index in [4.69, 9.17) is 0 Å². The number of aryl methyl sites for hydroxylation is 1. The number of anilines is 2. The van der Waals surface area contributed by atoms with Gasteiger partial charge in [-0.3, -0.25) is 14.3 Å². The molecule has 2 aromatic rings. The van der Waals surface area contributed by atoms with Crippen LogP contribution >= 0.6 is 0 Å². The summed E-state index contributed by atoms with van der Waals surface area (Å²) in [4.78, 5) is 23.0. The number of carbonyl (C=O) groups excluding carboxylic acids is 2. The summed E-state index contributed by atoms with van der Waals surface area (Å²) in [7, 11) is 0. The lowest BCUT2D eigenvalue weighted by molar-refractivity contribution is -0.114. The van der Waals surface area contributed by atoms with Gasteiger partial charge < -0.3 is 10.6 Å². The highest BCUT2D eigenvalue weighted by Gasteiger charge is 2.09. The zero-order valence-corrected chi connectivity index (χ0v) is 11.4. The number of benzene rings is 1. The van der Waals surface area contributed by atoms with Crippen LogP contribution in [0.2, 0.25) is 0 Å². The molecule has 2 amide bonds. The van der Waals surface area contributed by atoms with Crippen LogP contribution in [0.15, 0.2) is 36.5 Å². The SMILES string of the molecule is CCn1ccc(C(=O)Nc2cccc(NC(C)=O)c2)n1. The van der Waals surface area contributed by atoms with Crippen LogP contribution in [-0.4, -0.2) is 21.6 Å². The molecule has 104 valence electrons. The van der Waals surface area contributed by atoms with Crippen molar-refractivity contribution in [1.29, 1.82) is 0 Å². The topological polar surface area (TPSA) is 76.0 Å². The van der Waals surface area contributed by atoms with Gasteiger partial charge in [0.1, 0.15) is 0 Å². The molecule has 0 saturated heterocycles. The van der Waals surface area contributed by atoms with Crippen LogP contribution < -0.4 is 10.6 Å². The summed E-state index contributed by atoms with van der Waals surface area (Å²) in [5.41, 5.74) is 1.60. The third kappa shape index (κ3) is 3.44. The summed E-state index contributed by atoms with van der Waals surface area (Å²) in [5.74, 6) is -0.438. The molecule has 6 nitrogen and oxygen atoms in total. The van der Waals surface area contributed by atoms with E-state index in [0.29, 0.717) is 23.6 Å². The minimum Gasteiger partial charge on any atom is -0.326 e. The molecule has 0 bridgehead atoms. The molecule has 20 heavy (non-hydrogen) atoms. The van der Waals surface area contributed by atoms with Crippen molar-refractivity contribution >= 4 is 23.2 Å². The van der Waals surface area contributed by atoms with Crippen molar-refractivity contribution in [2.75, 3.05) is 10.6 Å². The molecule has 0 aliphatic carbocycles. The van der Waals surface area contributed by atoms with Crippen LogP contribution in [0.1, 0.15) is 24.3 Å². The number of amides is 2. The van der Waals surface area contributed by atoms with Gasteiger partial charge in [0.05, 0.1) is 0 Å². The van der Waals surface area contributed by atoms with Crippen molar-refractivity contribution in [1.82, 2.24) is 9.78 Å². The fourth-order valence-corrected chi connectivity index (χ4v) is 1.73. The van der Waals surface area contributed by atoms with Crippen molar-refractivity contribution in [3.63, 3.8) is 0 Å². The Kier molecular flexibility index (Phi) is 4.14. The standard InChI is InChI=1S/C14H16N4O2/c1-3-18-8-7-13(17-18)14(20)16-12-6-4-5-11(9-12)15-10(2)19/h4-9H,3H2,1-2H3,(H,15,19)(H,16,20). The molecule has 1 aromatic carbocycles. The maximum atomic E-state index is 12.0. The fourth-order valence-electron chi connectivity index (χ4n) is 1.73. The molecule has 0 aliphatic heterocycles. The molecule has 0 saturated carbocycles.